The molecule has 0 aromatic carbocycles. The summed E-state index contributed by atoms with van der Waals surface area (Å²) >= 11 is 2.71. The van der Waals surface area contributed by atoms with Crippen LogP contribution in [-0.4, -0.2) is 9.79 Å². The monoisotopic (exact) mass is 186 g/mol. The lowest BCUT2D eigenvalue weighted by molar-refractivity contribution is 0.386. The van der Waals surface area contributed by atoms with Crippen molar-refractivity contribution in [3.63, 3.8) is 0 Å². The first-order valence-corrected chi connectivity index (χ1v) is 3.99. The van der Waals surface area contributed by atoms with Crippen LogP contribution in [0.3, 0.4) is 0 Å². The normalized spacial score (nSPS) is 13.0. The average Bonchev–Trinajstić information content (AvgIpc) is 1.30. The van der Waals surface area contributed by atoms with Gasteiger partial charge in [0, 0.05) is 5.82 Å². The fraction of sp³-hybridized carbons (Fsp3) is 0. The number of halogens is 1. The lowest BCUT2D eigenvalue weighted by Crippen LogP contribution is -1.64. The molecule has 5 heteroatoms. The van der Waals surface area contributed by atoms with Crippen molar-refractivity contribution in [2.45, 2.75) is 0 Å². The third-order valence-corrected chi connectivity index (χ3v) is 1.46. The Morgan fingerprint density at radius 1 is 1.57 bits per heavy atom. The lowest BCUT2D eigenvalue weighted by Gasteiger charge is -1.88. The first-order chi connectivity index (χ1) is 3.06. The fourth-order valence-corrected chi connectivity index (χ4v) is 1.14. The zero-order chi connectivity index (χ0) is 5.91. The van der Waals surface area contributed by atoms with Gasteiger partial charge in [-0.2, -0.15) is 0 Å². The minimum absolute atomic E-state index is 0.771. The van der Waals surface area contributed by atoms with Gasteiger partial charge >= 0.3 is 7.60 Å². The summed E-state index contributed by atoms with van der Waals surface area (Å²) in [4.78, 5) is 17.2. The van der Waals surface area contributed by atoms with Gasteiger partial charge in [0.25, 0.3) is 0 Å². The number of rotatable bonds is 1. The maximum Gasteiger partial charge on any atom is 0.349 e. The van der Waals surface area contributed by atoms with Gasteiger partial charge in [0.2, 0.25) is 0 Å². The average molecular weight is 187 g/mol. The van der Waals surface area contributed by atoms with Gasteiger partial charge in [0.1, 0.15) is 0 Å². The van der Waals surface area contributed by atoms with E-state index in [1.54, 1.807) is 0 Å². The highest BCUT2D eigenvalue weighted by Gasteiger charge is 2.02. The second kappa shape index (κ2) is 2.62. The van der Waals surface area contributed by atoms with Crippen LogP contribution in [0.15, 0.2) is 10.8 Å². The summed E-state index contributed by atoms with van der Waals surface area (Å²) in [6.07, 6.45) is 0. The van der Waals surface area contributed by atoms with E-state index in [1.165, 1.54) is 0 Å². The Hall–Kier alpha value is 0.370. The zero-order valence-corrected chi connectivity index (χ0v) is 5.76. The van der Waals surface area contributed by atoms with Gasteiger partial charge in [-0.15, -0.1) is 0 Å². The number of hydrogen-bond donors (Lipinski definition) is 2. The maximum absolute atomic E-state index is 9.81. The molecule has 3 nitrogen and oxygen atoms in total. The lowest BCUT2D eigenvalue weighted by atomic mass is 11.3. The highest BCUT2D eigenvalue weighted by molar-refractivity contribution is 9.11. The Morgan fingerprint density at radius 3 is 2.00 bits per heavy atom. The molecule has 2 N–H and O–H groups in total. The van der Waals surface area contributed by atoms with Crippen LogP contribution < -0.4 is 0 Å². The maximum atomic E-state index is 9.81. The van der Waals surface area contributed by atoms with Crippen LogP contribution in [0.1, 0.15) is 0 Å². The third kappa shape index (κ3) is 6.37. The van der Waals surface area contributed by atoms with Crippen LogP contribution in [-0.2, 0) is 4.57 Å². The van der Waals surface area contributed by atoms with E-state index >= 15 is 0 Å². The molecule has 7 heavy (non-hydrogen) atoms. The first kappa shape index (κ1) is 7.37. The molecule has 0 spiro atoms. The van der Waals surface area contributed by atoms with Crippen molar-refractivity contribution < 1.29 is 14.4 Å². The Kier molecular flexibility index (Phi) is 2.76. The van der Waals surface area contributed by atoms with Crippen LogP contribution in [0.2, 0.25) is 0 Å². The molecule has 0 aromatic rings. The standard InChI is InChI=1S/C2H4BrO3P/c3-1-2-7(4,5)6/h1-2H,(H2,4,5,6). The largest absolute Gasteiger partial charge is 0.349 e. The Balaban J connectivity index is 3.82. The van der Waals surface area contributed by atoms with Crippen LogP contribution in [0, 0.1) is 0 Å². The summed E-state index contributed by atoms with van der Waals surface area (Å²) < 4.78 is 9.81. The van der Waals surface area contributed by atoms with E-state index in [1.807, 2.05) is 0 Å². The molecule has 0 saturated carbocycles. The van der Waals surface area contributed by atoms with Crippen molar-refractivity contribution in [1.29, 1.82) is 0 Å². The predicted octanol–water partition coefficient (Wildman–Crippen LogP) is 1.03. The summed E-state index contributed by atoms with van der Waals surface area (Å²) in [7, 11) is -3.89. The van der Waals surface area contributed by atoms with Gasteiger partial charge in [-0.25, -0.2) is 0 Å². The molecule has 0 heterocycles. The molecule has 0 rings (SSSR count). The topological polar surface area (TPSA) is 57.5 Å². The van der Waals surface area contributed by atoms with Crippen LogP contribution in [0.5, 0.6) is 0 Å². The van der Waals surface area contributed by atoms with Gasteiger partial charge in [0.15, 0.2) is 0 Å². The molecule has 0 fully saturated rings. The molecule has 0 aliphatic rings. The summed E-state index contributed by atoms with van der Waals surface area (Å²) in [6.45, 7) is 0. The molecule has 0 radical (unpaired) electrons. The van der Waals surface area contributed by atoms with E-state index < -0.39 is 7.60 Å². The van der Waals surface area contributed by atoms with E-state index in [0.717, 1.165) is 10.8 Å². The molecule has 0 aliphatic carbocycles. The number of hydrogen-bond acceptors (Lipinski definition) is 1. The molecule has 0 atom stereocenters. The Labute approximate surface area is 49.3 Å². The minimum Gasteiger partial charge on any atom is -0.321 e. The van der Waals surface area contributed by atoms with E-state index in [9.17, 15) is 4.57 Å². The molecule has 0 unspecified atom stereocenters. The molecule has 0 aromatic heterocycles. The fourth-order valence-electron chi connectivity index (χ4n) is 0.0734. The summed E-state index contributed by atoms with van der Waals surface area (Å²) in [5.41, 5.74) is 0. The Bertz CT molecular complexity index is 114. The van der Waals surface area contributed by atoms with Gasteiger partial charge in [-0.1, -0.05) is 15.9 Å². The van der Waals surface area contributed by atoms with Gasteiger partial charge in [-0.05, 0) is 4.99 Å². The highest BCUT2D eigenvalue weighted by Crippen LogP contribution is 2.36. The van der Waals surface area contributed by atoms with Gasteiger partial charge < -0.3 is 9.79 Å². The smallest absolute Gasteiger partial charge is 0.321 e. The molecule has 42 valence electrons. The van der Waals surface area contributed by atoms with Crippen molar-refractivity contribution in [1.82, 2.24) is 0 Å². The van der Waals surface area contributed by atoms with Gasteiger partial charge in [0.05, 0.1) is 0 Å². The van der Waals surface area contributed by atoms with Gasteiger partial charge in [-0.3, -0.25) is 4.57 Å². The Morgan fingerprint density at radius 2 is 2.00 bits per heavy atom. The van der Waals surface area contributed by atoms with E-state index in [4.69, 9.17) is 9.79 Å². The van der Waals surface area contributed by atoms with E-state index in [2.05, 4.69) is 15.9 Å². The summed E-state index contributed by atoms with van der Waals surface area (Å²) in [6, 6.07) is 0. The molecular formula is C2H4BrO3P. The molecular weight excluding hydrogens is 183 g/mol. The minimum atomic E-state index is -3.89. The summed E-state index contributed by atoms with van der Waals surface area (Å²) in [5, 5.41) is 0. The van der Waals surface area contributed by atoms with Crippen molar-refractivity contribution in [2.75, 3.05) is 0 Å². The third-order valence-electron chi connectivity index (χ3n) is 0.251. The second-order valence-electron chi connectivity index (χ2n) is 0.864. The van der Waals surface area contributed by atoms with Crippen molar-refractivity contribution >= 4 is 23.5 Å². The molecule has 0 bridgehead atoms. The van der Waals surface area contributed by atoms with E-state index in [0.29, 0.717) is 0 Å². The van der Waals surface area contributed by atoms with Crippen molar-refractivity contribution in [3.05, 3.63) is 10.8 Å². The van der Waals surface area contributed by atoms with Crippen LogP contribution in [0.25, 0.3) is 0 Å². The van der Waals surface area contributed by atoms with Crippen LogP contribution in [0.4, 0.5) is 0 Å². The molecule has 0 saturated heterocycles. The van der Waals surface area contributed by atoms with E-state index in [-0.39, 0.29) is 0 Å². The second-order valence-corrected chi connectivity index (χ2v) is 2.87. The highest BCUT2D eigenvalue weighted by atomic mass is 79.9. The SMILES string of the molecule is O=P(O)(O)C=CBr. The van der Waals surface area contributed by atoms with Crippen LogP contribution >= 0.6 is 23.5 Å². The quantitative estimate of drug-likeness (QED) is 0.602. The van der Waals surface area contributed by atoms with Crippen molar-refractivity contribution in [2.24, 2.45) is 0 Å². The zero-order valence-electron chi connectivity index (χ0n) is 3.28. The summed E-state index contributed by atoms with van der Waals surface area (Å²) in [5.74, 6) is 0.771. The van der Waals surface area contributed by atoms with Crippen molar-refractivity contribution in [3.8, 4) is 0 Å². The molecule has 0 aliphatic heterocycles. The first-order valence-electron chi connectivity index (χ1n) is 1.39. The molecule has 0 amide bonds. The predicted molar refractivity (Wildman–Crippen MR) is 30.1 cm³/mol.